The van der Waals surface area contributed by atoms with Gasteiger partial charge in [-0.3, -0.25) is 0 Å². The molecule has 180 valence electrons. The summed E-state index contributed by atoms with van der Waals surface area (Å²) in [4.78, 5) is 0. The summed E-state index contributed by atoms with van der Waals surface area (Å²) in [7, 11) is 0. The molecule has 0 bridgehead atoms. The molecule has 3 fully saturated rings. The zero-order chi connectivity index (χ0) is 23.3. The van der Waals surface area contributed by atoms with Gasteiger partial charge in [-0.05, 0) is 79.3 Å². The molecule has 3 aliphatic carbocycles. The van der Waals surface area contributed by atoms with E-state index in [0.717, 1.165) is 36.1 Å². The summed E-state index contributed by atoms with van der Waals surface area (Å²) in [6.07, 6.45) is 12.0. The van der Waals surface area contributed by atoms with Crippen LogP contribution in [0.3, 0.4) is 0 Å². The van der Waals surface area contributed by atoms with Crippen LogP contribution >= 0.6 is 0 Å². The van der Waals surface area contributed by atoms with Crippen LogP contribution in [0.1, 0.15) is 78.6 Å². The number of ether oxygens (including phenoxy) is 1. The van der Waals surface area contributed by atoms with Gasteiger partial charge in [0.2, 0.25) is 0 Å². The predicted octanol–water partition coefficient (Wildman–Crippen LogP) is 5.41. The minimum atomic E-state index is -0.634. The first-order chi connectivity index (χ1) is 15.3. The van der Waals surface area contributed by atoms with E-state index in [4.69, 9.17) is 9.94 Å². The van der Waals surface area contributed by atoms with E-state index in [1.165, 1.54) is 31.3 Å². The van der Waals surface area contributed by atoms with Crippen molar-refractivity contribution in [3.63, 3.8) is 0 Å². The number of allylic oxidation sites excluding steroid dienone is 3. The molecule has 32 heavy (non-hydrogen) atoms. The minimum absolute atomic E-state index is 0.283. The van der Waals surface area contributed by atoms with E-state index in [1.54, 1.807) is 0 Å². The van der Waals surface area contributed by atoms with Crippen LogP contribution in [0.4, 0.5) is 0 Å². The van der Waals surface area contributed by atoms with Gasteiger partial charge < -0.3 is 20.2 Å². The van der Waals surface area contributed by atoms with Crippen LogP contribution in [0.15, 0.2) is 40.6 Å². The van der Waals surface area contributed by atoms with Gasteiger partial charge in [-0.25, -0.2) is 0 Å². The van der Waals surface area contributed by atoms with Crippen LogP contribution < -0.4 is 0 Å². The number of aliphatic hydroxyl groups is 2. The van der Waals surface area contributed by atoms with Crippen molar-refractivity contribution >= 4 is 5.71 Å². The van der Waals surface area contributed by atoms with Gasteiger partial charge in [-0.15, -0.1) is 0 Å². The lowest BCUT2D eigenvalue weighted by molar-refractivity contribution is 0.0450. The lowest BCUT2D eigenvalue weighted by atomic mass is 9.61. The second-order valence-electron chi connectivity index (χ2n) is 10.6. The van der Waals surface area contributed by atoms with Crippen molar-refractivity contribution < 1.29 is 20.2 Å². The Balaban J connectivity index is 1.66. The largest absolute Gasteiger partial charge is 0.411 e. The fraction of sp³-hybridized carbons (Fsp3) is 0.741. The molecule has 3 saturated carbocycles. The Kier molecular flexibility index (Phi) is 8.76. The van der Waals surface area contributed by atoms with Crippen LogP contribution in [-0.2, 0) is 4.74 Å². The Morgan fingerprint density at radius 1 is 1.31 bits per heavy atom. The van der Waals surface area contributed by atoms with Crippen LogP contribution in [0, 0.1) is 23.2 Å². The maximum absolute atomic E-state index is 10.1. The molecular weight excluding hydrogens is 402 g/mol. The average molecular weight is 446 g/mol. The van der Waals surface area contributed by atoms with Crippen LogP contribution in [0.5, 0.6) is 0 Å². The molecule has 0 heterocycles. The predicted molar refractivity (Wildman–Crippen MR) is 129 cm³/mol. The van der Waals surface area contributed by atoms with Crippen molar-refractivity contribution in [3.8, 4) is 0 Å². The molecule has 5 nitrogen and oxygen atoms in total. The van der Waals surface area contributed by atoms with Gasteiger partial charge >= 0.3 is 0 Å². The first kappa shape index (κ1) is 25.2. The average Bonchev–Trinajstić information content (AvgIpc) is 3.12. The zero-order valence-corrected chi connectivity index (χ0v) is 20.2. The molecule has 0 unspecified atom stereocenters. The van der Waals surface area contributed by atoms with Gasteiger partial charge in [-0.1, -0.05) is 56.7 Å². The quantitative estimate of drug-likeness (QED) is 0.265. The number of hydrogen-bond acceptors (Lipinski definition) is 5. The lowest BCUT2D eigenvalue weighted by Gasteiger charge is -2.44. The summed E-state index contributed by atoms with van der Waals surface area (Å²) < 4.78 is 5.95. The number of hydrogen-bond donors (Lipinski definition) is 3. The molecule has 0 aromatic rings. The van der Waals surface area contributed by atoms with E-state index in [0.29, 0.717) is 43.8 Å². The topological polar surface area (TPSA) is 82.3 Å². The van der Waals surface area contributed by atoms with Gasteiger partial charge in [0, 0.05) is 13.0 Å². The Morgan fingerprint density at radius 2 is 2.09 bits per heavy atom. The molecule has 3 N–H and O–H groups in total. The third kappa shape index (κ3) is 5.55. The van der Waals surface area contributed by atoms with E-state index in [1.807, 2.05) is 0 Å². The second kappa shape index (κ2) is 11.1. The number of rotatable bonds is 8. The zero-order valence-electron chi connectivity index (χ0n) is 20.2. The highest BCUT2D eigenvalue weighted by atomic mass is 16.5. The monoisotopic (exact) mass is 445 g/mol. The molecule has 0 amide bonds. The van der Waals surface area contributed by atoms with Crippen LogP contribution in [-0.4, -0.2) is 46.6 Å². The van der Waals surface area contributed by atoms with E-state index in [2.05, 4.69) is 44.7 Å². The molecule has 5 heteroatoms. The fourth-order valence-corrected chi connectivity index (χ4v) is 6.60. The molecule has 0 saturated heterocycles. The van der Waals surface area contributed by atoms with Crippen molar-refractivity contribution in [2.24, 2.45) is 28.3 Å². The van der Waals surface area contributed by atoms with Crippen molar-refractivity contribution in [2.45, 2.75) is 90.8 Å². The van der Waals surface area contributed by atoms with Crippen LogP contribution in [0.2, 0.25) is 0 Å². The SMILES string of the molecule is C=C1/C(=C\C=C2/CCC[C@]3(C)[C@@H]([C@H](C)COC/C(CCC)=N\O)CC[C@@H]23)C[C@@H](O)C[C@@H]1O. The smallest absolute Gasteiger partial charge is 0.0881 e. The first-order valence-electron chi connectivity index (χ1n) is 12.5. The molecular formula is C27H43NO4. The van der Waals surface area contributed by atoms with Gasteiger partial charge in [-0.2, -0.15) is 0 Å². The molecule has 0 aliphatic heterocycles. The normalized spacial score (nSPS) is 37.2. The lowest BCUT2D eigenvalue weighted by Crippen LogP contribution is -2.37. The molecule has 0 spiro atoms. The summed E-state index contributed by atoms with van der Waals surface area (Å²) in [6, 6.07) is 0. The van der Waals surface area contributed by atoms with E-state index >= 15 is 0 Å². The molecule has 3 rings (SSSR count). The van der Waals surface area contributed by atoms with Gasteiger partial charge in [0.05, 0.1) is 24.5 Å². The van der Waals surface area contributed by atoms with E-state index < -0.39 is 12.2 Å². The van der Waals surface area contributed by atoms with E-state index in [-0.39, 0.29) is 5.41 Å². The Bertz CT molecular complexity index is 755. The minimum Gasteiger partial charge on any atom is -0.411 e. The van der Waals surface area contributed by atoms with Crippen molar-refractivity contribution in [3.05, 3.63) is 35.5 Å². The highest BCUT2D eigenvalue weighted by Crippen LogP contribution is 2.59. The highest BCUT2D eigenvalue weighted by molar-refractivity contribution is 5.85. The van der Waals surface area contributed by atoms with Crippen molar-refractivity contribution in [1.82, 2.24) is 0 Å². The maximum Gasteiger partial charge on any atom is 0.0881 e. The maximum atomic E-state index is 10.1. The Hall–Kier alpha value is -1.43. The van der Waals surface area contributed by atoms with Crippen molar-refractivity contribution in [2.75, 3.05) is 13.2 Å². The molecule has 3 aliphatic rings. The Morgan fingerprint density at radius 3 is 2.81 bits per heavy atom. The summed E-state index contributed by atoms with van der Waals surface area (Å²) in [5.74, 6) is 1.67. The fourth-order valence-electron chi connectivity index (χ4n) is 6.60. The van der Waals surface area contributed by atoms with E-state index in [9.17, 15) is 10.2 Å². The van der Waals surface area contributed by atoms with Crippen LogP contribution in [0.25, 0.3) is 0 Å². The number of aliphatic hydroxyl groups excluding tert-OH is 2. The molecule has 0 aromatic carbocycles. The summed E-state index contributed by atoms with van der Waals surface area (Å²) in [5.41, 5.74) is 4.27. The molecule has 0 aromatic heterocycles. The highest BCUT2D eigenvalue weighted by Gasteiger charge is 2.50. The summed E-state index contributed by atoms with van der Waals surface area (Å²) in [6.45, 7) is 12.0. The molecule has 0 radical (unpaired) electrons. The summed E-state index contributed by atoms with van der Waals surface area (Å²) in [5, 5.41) is 32.7. The van der Waals surface area contributed by atoms with Crippen molar-refractivity contribution in [1.29, 1.82) is 0 Å². The third-order valence-corrected chi connectivity index (χ3v) is 8.32. The van der Waals surface area contributed by atoms with Gasteiger partial charge in [0.15, 0.2) is 0 Å². The number of fused-ring (bicyclic) bond motifs is 1. The standard InChI is InChI=1S/C27H43NO4/c1-5-7-22(28-31)17-32-16-18(2)24-11-12-25-20(8-6-13-27(24,25)4)9-10-21-14-23(29)15-26(30)19(21)3/h9-10,18,23-26,29-31H,3,5-8,11-17H2,1-2,4H3/b20-9+,21-10-,28-22-/t18-,23-,24-,25+,26+,27-/m1/s1. The van der Waals surface area contributed by atoms with Gasteiger partial charge in [0.25, 0.3) is 0 Å². The second-order valence-corrected chi connectivity index (χ2v) is 10.6. The number of nitrogens with zero attached hydrogens (tertiary/aromatic N) is 1. The molecule has 6 atom stereocenters. The summed E-state index contributed by atoms with van der Waals surface area (Å²) >= 11 is 0. The first-order valence-corrected chi connectivity index (χ1v) is 12.5. The Labute approximate surface area is 193 Å². The van der Waals surface area contributed by atoms with Gasteiger partial charge in [0.1, 0.15) is 0 Å². The third-order valence-electron chi connectivity index (χ3n) is 8.32. The number of oxime groups is 1.